The molecule has 86 valence electrons. The van der Waals surface area contributed by atoms with Crippen LogP contribution in [0.1, 0.15) is 18.9 Å². The summed E-state index contributed by atoms with van der Waals surface area (Å²) in [4.78, 5) is 0. The van der Waals surface area contributed by atoms with Crippen molar-refractivity contribution in [3.05, 3.63) is 60.2 Å². The molecule has 0 bridgehead atoms. The molecule has 0 saturated carbocycles. The lowest BCUT2D eigenvalue weighted by Crippen LogP contribution is -1.88. The van der Waals surface area contributed by atoms with Crippen molar-refractivity contribution < 1.29 is 0 Å². The highest BCUT2D eigenvalue weighted by Crippen LogP contribution is 2.24. The van der Waals surface area contributed by atoms with Crippen LogP contribution in [-0.4, -0.2) is 0 Å². The first-order valence-corrected chi connectivity index (χ1v) is 5.81. The van der Waals surface area contributed by atoms with E-state index in [1.807, 2.05) is 0 Å². The molecule has 1 nitrogen and oxygen atoms in total. The second-order valence-corrected chi connectivity index (χ2v) is 3.77. The van der Waals surface area contributed by atoms with Gasteiger partial charge < -0.3 is 0 Å². The molecule has 0 radical (unpaired) electrons. The van der Waals surface area contributed by atoms with Crippen molar-refractivity contribution in [3.63, 3.8) is 0 Å². The summed E-state index contributed by atoms with van der Waals surface area (Å²) >= 11 is 0. The zero-order chi connectivity index (χ0) is 12.5. The number of nitrogens with zero attached hydrogens (tertiary/aromatic N) is 1. The van der Waals surface area contributed by atoms with E-state index in [-0.39, 0.29) is 0 Å². The van der Waals surface area contributed by atoms with Crippen LogP contribution < -0.4 is 0 Å². The molecular formula is C16H17N. The Labute approximate surface area is 103 Å². The van der Waals surface area contributed by atoms with E-state index in [2.05, 4.69) is 68.1 Å². The van der Waals surface area contributed by atoms with Gasteiger partial charge in [-0.05, 0) is 23.1 Å². The second kappa shape index (κ2) is 7.24. The van der Waals surface area contributed by atoms with Crippen LogP contribution >= 0.6 is 0 Å². The average Bonchev–Trinajstić information content (AvgIpc) is 2.43. The smallest absolute Gasteiger partial charge is 0.0462 e. The monoisotopic (exact) mass is 223 g/mol. The third-order valence-electron chi connectivity index (χ3n) is 2.62. The van der Waals surface area contributed by atoms with Crippen molar-refractivity contribution in [1.82, 2.24) is 0 Å². The van der Waals surface area contributed by atoms with Crippen LogP contribution in [0.15, 0.2) is 54.6 Å². The van der Waals surface area contributed by atoms with Gasteiger partial charge in [0.2, 0.25) is 0 Å². The van der Waals surface area contributed by atoms with Gasteiger partial charge in [0.15, 0.2) is 0 Å². The molecule has 2 aromatic rings. The molecule has 0 spiro atoms. The molecule has 0 aliphatic heterocycles. The summed E-state index contributed by atoms with van der Waals surface area (Å²) in [5, 5.41) is 6.50. The lowest BCUT2D eigenvalue weighted by Gasteiger charge is -2.08. The molecule has 0 atom stereocenters. The van der Waals surface area contributed by atoms with Crippen LogP contribution in [0.3, 0.4) is 0 Å². The Hall–Kier alpha value is -2.07. The predicted molar refractivity (Wildman–Crippen MR) is 72.5 cm³/mol. The molecule has 1 heteroatoms. The summed E-state index contributed by atoms with van der Waals surface area (Å²) in [7, 11) is 0. The van der Waals surface area contributed by atoms with E-state index < -0.39 is 0 Å². The van der Waals surface area contributed by atoms with Gasteiger partial charge in [0.1, 0.15) is 0 Å². The summed E-state index contributed by atoms with van der Waals surface area (Å²) in [6.07, 6.45) is 2.36. The Bertz CT molecular complexity index is 457. The Morgan fingerprint density at radius 1 is 0.882 bits per heavy atom. The number of hydrogen-bond acceptors (Lipinski definition) is 1. The van der Waals surface area contributed by atoms with Gasteiger partial charge in [0, 0.05) is 6.57 Å². The average molecular weight is 223 g/mol. The summed E-state index contributed by atoms with van der Waals surface area (Å²) in [5.41, 5.74) is 4.15. The van der Waals surface area contributed by atoms with E-state index >= 15 is 0 Å². The molecular weight excluding hydrogens is 206 g/mol. The van der Waals surface area contributed by atoms with E-state index in [0.717, 1.165) is 6.42 Å². The van der Waals surface area contributed by atoms with E-state index in [1.54, 1.807) is 0 Å². The highest BCUT2D eigenvalue weighted by molar-refractivity contribution is 5.67. The van der Waals surface area contributed by atoms with E-state index in [9.17, 15) is 0 Å². The van der Waals surface area contributed by atoms with Crippen LogP contribution in [0.4, 0.5) is 0 Å². The SMILES string of the molecule is C#N.CCCc1ccccc1-c1ccccc1. The second-order valence-electron chi connectivity index (χ2n) is 3.77. The lowest BCUT2D eigenvalue weighted by molar-refractivity contribution is 0.923. The van der Waals surface area contributed by atoms with Gasteiger partial charge in [0.25, 0.3) is 0 Å². The van der Waals surface area contributed by atoms with Gasteiger partial charge in [-0.1, -0.05) is 67.9 Å². The first-order valence-electron chi connectivity index (χ1n) is 5.81. The van der Waals surface area contributed by atoms with Gasteiger partial charge in [-0.2, -0.15) is 0 Å². The molecule has 0 N–H and O–H groups in total. The van der Waals surface area contributed by atoms with Gasteiger partial charge >= 0.3 is 0 Å². The summed E-state index contributed by atoms with van der Waals surface area (Å²) in [6, 6.07) is 19.3. The van der Waals surface area contributed by atoms with Crippen LogP contribution in [0.2, 0.25) is 0 Å². The lowest BCUT2D eigenvalue weighted by atomic mass is 9.97. The molecule has 0 aliphatic carbocycles. The molecule has 0 aromatic heterocycles. The molecule has 0 heterocycles. The quantitative estimate of drug-likeness (QED) is 0.754. The minimum absolute atomic E-state index is 1.16. The van der Waals surface area contributed by atoms with Crippen molar-refractivity contribution >= 4 is 0 Å². The number of rotatable bonds is 3. The molecule has 17 heavy (non-hydrogen) atoms. The normalized spacial score (nSPS) is 9.12. The van der Waals surface area contributed by atoms with Crippen LogP contribution in [0, 0.1) is 11.8 Å². The topological polar surface area (TPSA) is 23.8 Å². The number of hydrogen-bond donors (Lipinski definition) is 0. The Morgan fingerprint density at radius 2 is 1.47 bits per heavy atom. The molecule has 0 aliphatic rings. The third-order valence-corrected chi connectivity index (χ3v) is 2.62. The van der Waals surface area contributed by atoms with Crippen LogP contribution in [0.5, 0.6) is 0 Å². The van der Waals surface area contributed by atoms with Crippen LogP contribution in [-0.2, 0) is 6.42 Å². The first-order chi connectivity index (χ1) is 8.42. The molecule has 2 rings (SSSR count). The largest absolute Gasteiger partial charge is 0.202 e. The van der Waals surface area contributed by atoms with Crippen molar-refractivity contribution in [2.24, 2.45) is 0 Å². The maximum atomic E-state index is 6.50. The van der Waals surface area contributed by atoms with E-state index in [1.165, 1.54) is 23.1 Å². The maximum absolute atomic E-state index is 6.50. The van der Waals surface area contributed by atoms with Gasteiger partial charge in [-0.3, -0.25) is 0 Å². The number of benzene rings is 2. The van der Waals surface area contributed by atoms with Gasteiger partial charge in [-0.15, -0.1) is 0 Å². The summed E-state index contributed by atoms with van der Waals surface area (Å²) in [5.74, 6) is 0. The fraction of sp³-hybridized carbons (Fsp3) is 0.188. The fourth-order valence-electron chi connectivity index (χ4n) is 1.91. The standard InChI is InChI=1S/C15H16.CHN/c1-2-8-13-11-6-7-12-15(13)14-9-4-3-5-10-14;1-2/h3-7,9-12H,2,8H2,1H3;1H. The predicted octanol–water partition coefficient (Wildman–Crippen LogP) is 4.45. The van der Waals surface area contributed by atoms with Gasteiger partial charge in [0.05, 0.1) is 0 Å². The van der Waals surface area contributed by atoms with Crippen molar-refractivity contribution in [2.45, 2.75) is 19.8 Å². The third kappa shape index (κ3) is 3.46. The van der Waals surface area contributed by atoms with Crippen LogP contribution in [0.25, 0.3) is 11.1 Å². The minimum atomic E-state index is 1.16. The first kappa shape index (κ1) is 13.0. The van der Waals surface area contributed by atoms with Gasteiger partial charge in [-0.25, -0.2) is 5.26 Å². The molecule has 0 unspecified atom stereocenters. The Kier molecular flexibility index (Phi) is 5.54. The zero-order valence-corrected chi connectivity index (χ0v) is 10.1. The molecule has 0 amide bonds. The zero-order valence-electron chi connectivity index (χ0n) is 10.1. The highest BCUT2D eigenvalue weighted by atomic mass is 14.2. The van der Waals surface area contributed by atoms with Crippen molar-refractivity contribution in [1.29, 1.82) is 5.26 Å². The highest BCUT2D eigenvalue weighted by Gasteiger charge is 2.01. The van der Waals surface area contributed by atoms with Crippen molar-refractivity contribution in [3.8, 4) is 17.7 Å². The minimum Gasteiger partial charge on any atom is -0.202 e. The molecule has 0 fully saturated rings. The number of aryl methyl sites for hydroxylation is 1. The maximum Gasteiger partial charge on any atom is 0.0462 e. The number of nitriles is 1. The molecule has 0 saturated heterocycles. The molecule has 2 aromatic carbocycles. The summed E-state index contributed by atoms with van der Waals surface area (Å²) < 4.78 is 0. The Morgan fingerprint density at radius 3 is 2.12 bits per heavy atom. The fourth-order valence-corrected chi connectivity index (χ4v) is 1.91. The van der Waals surface area contributed by atoms with Crippen molar-refractivity contribution in [2.75, 3.05) is 0 Å². The van der Waals surface area contributed by atoms with E-state index in [0.29, 0.717) is 0 Å². The van der Waals surface area contributed by atoms with E-state index in [4.69, 9.17) is 5.26 Å². The summed E-state index contributed by atoms with van der Waals surface area (Å²) in [6.45, 7) is 5.72. The Balaban J connectivity index is 0.000000686.